The minimum absolute atomic E-state index is 0.0904. The van der Waals surface area contributed by atoms with Crippen LogP contribution in [0.1, 0.15) is 63.8 Å². The van der Waals surface area contributed by atoms with E-state index in [0.717, 1.165) is 31.7 Å². The van der Waals surface area contributed by atoms with E-state index in [9.17, 15) is 0 Å². The molecule has 0 aromatic heterocycles. The van der Waals surface area contributed by atoms with Gasteiger partial charge in [0.2, 0.25) is 0 Å². The summed E-state index contributed by atoms with van der Waals surface area (Å²) in [7, 11) is 0. The summed E-state index contributed by atoms with van der Waals surface area (Å²) in [5, 5.41) is 0. The van der Waals surface area contributed by atoms with Gasteiger partial charge in [-0.25, -0.2) is 0 Å². The minimum atomic E-state index is 0.0904. The smallest absolute Gasteiger partial charge is 0.0490 e. The second kappa shape index (κ2) is 12.6. The Kier molecular flexibility index (Phi) is 9.16. The van der Waals surface area contributed by atoms with Crippen LogP contribution in [0, 0.1) is 13.8 Å². The van der Waals surface area contributed by atoms with E-state index < -0.39 is 0 Å². The van der Waals surface area contributed by atoms with E-state index in [2.05, 4.69) is 206 Å². The van der Waals surface area contributed by atoms with Gasteiger partial charge in [0.25, 0.3) is 0 Å². The number of anilines is 6. The monoisotopic (exact) mass is 708 g/mol. The summed E-state index contributed by atoms with van der Waals surface area (Å²) in [5.41, 5.74) is 12.1. The van der Waals surface area contributed by atoms with Gasteiger partial charge in [0.05, 0.1) is 0 Å². The Morgan fingerprint density at radius 2 is 0.682 bits per heavy atom. The van der Waals surface area contributed by atoms with Gasteiger partial charge in [-0.1, -0.05) is 97.7 Å². The van der Waals surface area contributed by atoms with E-state index in [1.54, 1.807) is 0 Å². The highest BCUT2D eigenvalue weighted by molar-refractivity contribution is 9.10. The van der Waals surface area contributed by atoms with Crippen LogP contribution in [-0.2, 0) is 10.8 Å². The van der Waals surface area contributed by atoms with Crippen molar-refractivity contribution in [2.45, 2.75) is 66.2 Å². The maximum atomic E-state index is 3.62. The molecule has 5 aromatic rings. The van der Waals surface area contributed by atoms with Gasteiger partial charge in [0, 0.05) is 43.1 Å². The van der Waals surface area contributed by atoms with E-state index in [0.29, 0.717) is 0 Å². The number of aryl methyl sites for hydroxylation is 2. The highest BCUT2D eigenvalue weighted by Crippen LogP contribution is 2.42. The zero-order valence-electron chi connectivity index (χ0n) is 27.0. The maximum Gasteiger partial charge on any atom is 0.0490 e. The average molecular weight is 711 g/mol. The highest BCUT2D eigenvalue weighted by atomic mass is 79.9. The van der Waals surface area contributed by atoms with E-state index in [4.69, 9.17) is 0 Å². The lowest BCUT2D eigenvalue weighted by Gasteiger charge is -2.31. The first kappa shape index (κ1) is 32.1. The molecule has 0 spiro atoms. The predicted molar refractivity (Wildman–Crippen MR) is 198 cm³/mol. The normalized spacial score (nSPS) is 11.9. The molecule has 0 heterocycles. The first-order valence-electron chi connectivity index (χ1n) is 15.2. The van der Waals surface area contributed by atoms with E-state index in [1.807, 2.05) is 0 Å². The van der Waals surface area contributed by atoms with Crippen molar-refractivity contribution < 1.29 is 0 Å². The van der Waals surface area contributed by atoms with Gasteiger partial charge in [-0.15, -0.1) is 0 Å². The molecule has 4 heteroatoms. The third-order valence-electron chi connectivity index (χ3n) is 8.14. The van der Waals surface area contributed by atoms with Crippen molar-refractivity contribution >= 4 is 66.0 Å². The van der Waals surface area contributed by atoms with Crippen LogP contribution in [0.4, 0.5) is 34.1 Å². The van der Waals surface area contributed by atoms with Gasteiger partial charge in [0.15, 0.2) is 0 Å². The fraction of sp³-hybridized carbons (Fsp3) is 0.250. The van der Waals surface area contributed by atoms with Crippen molar-refractivity contribution in [3.05, 3.63) is 140 Å². The van der Waals surface area contributed by atoms with Crippen molar-refractivity contribution in [2.75, 3.05) is 9.80 Å². The number of benzene rings is 5. The van der Waals surface area contributed by atoms with E-state index in [-0.39, 0.29) is 10.8 Å². The Morgan fingerprint density at radius 3 is 0.932 bits per heavy atom. The van der Waals surface area contributed by atoms with Crippen LogP contribution in [0.3, 0.4) is 0 Å². The maximum absolute atomic E-state index is 3.62. The number of halogens is 2. The average Bonchev–Trinajstić information content (AvgIpc) is 2.96. The molecule has 0 aliphatic heterocycles. The zero-order valence-corrected chi connectivity index (χ0v) is 30.2. The van der Waals surface area contributed by atoms with Gasteiger partial charge < -0.3 is 9.80 Å². The van der Waals surface area contributed by atoms with Gasteiger partial charge in [0.1, 0.15) is 0 Å². The molecule has 44 heavy (non-hydrogen) atoms. The summed E-state index contributed by atoms with van der Waals surface area (Å²) >= 11 is 7.24. The molecule has 0 aliphatic carbocycles. The molecule has 0 radical (unpaired) electrons. The number of rotatable bonds is 6. The minimum Gasteiger partial charge on any atom is -0.310 e. The molecule has 0 saturated heterocycles. The summed E-state index contributed by atoms with van der Waals surface area (Å²) in [6.07, 6.45) is 0. The predicted octanol–water partition coefficient (Wildman–Crippen LogP) is 13.4. The van der Waals surface area contributed by atoms with Crippen LogP contribution in [-0.4, -0.2) is 0 Å². The Balaban J connectivity index is 1.62. The third-order valence-corrected chi connectivity index (χ3v) is 9.20. The fourth-order valence-electron chi connectivity index (χ4n) is 5.53. The van der Waals surface area contributed by atoms with Gasteiger partial charge in [-0.05, 0) is 132 Å². The number of nitrogens with zero attached hydrogens (tertiary/aromatic N) is 2. The van der Waals surface area contributed by atoms with Crippen LogP contribution in [0.15, 0.2) is 118 Å². The van der Waals surface area contributed by atoms with Crippen molar-refractivity contribution in [3.63, 3.8) is 0 Å². The molecule has 0 unspecified atom stereocenters. The molecular weight excluding hydrogens is 668 g/mol. The van der Waals surface area contributed by atoms with Gasteiger partial charge in [-0.3, -0.25) is 0 Å². The lowest BCUT2D eigenvalue weighted by molar-refractivity contribution is 0.589. The lowest BCUT2D eigenvalue weighted by atomic mass is 9.86. The summed E-state index contributed by atoms with van der Waals surface area (Å²) in [4.78, 5) is 4.71. The van der Waals surface area contributed by atoms with Crippen molar-refractivity contribution in [2.24, 2.45) is 0 Å². The Hall–Kier alpha value is -3.34. The van der Waals surface area contributed by atoms with Crippen LogP contribution in [0.2, 0.25) is 0 Å². The fourth-order valence-corrected chi connectivity index (χ4v) is 6.06. The summed E-state index contributed by atoms with van der Waals surface area (Å²) in [6, 6.07) is 39.8. The molecule has 5 rings (SSSR count). The quantitative estimate of drug-likeness (QED) is 0.173. The zero-order chi connectivity index (χ0) is 31.8. The molecule has 0 atom stereocenters. The molecule has 0 bridgehead atoms. The molecule has 226 valence electrons. The first-order valence-corrected chi connectivity index (χ1v) is 16.7. The summed E-state index contributed by atoms with van der Waals surface area (Å²) in [6.45, 7) is 18.0. The molecule has 0 fully saturated rings. The first-order chi connectivity index (χ1) is 20.7. The Morgan fingerprint density at radius 1 is 0.409 bits per heavy atom. The summed E-state index contributed by atoms with van der Waals surface area (Å²) in [5.74, 6) is 0. The second-order valence-electron chi connectivity index (χ2n) is 13.6. The van der Waals surface area contributed by atoms with Crippen LogP contribution in [0.5, 0.6) is 0 Å². The number of hydrogen-bond donors (Lipinski definition) is 0. The third kappa shape index (κ3) is 6.98. The molecule has 2 nitrogen and oxygen atoms in total. The second-order valence-corrected chi connectivity index (χ2v) is 15.5. The highest BCUT2D eigenvalue weighted by Gasteiger charge is 2.21. The summed E-state index contributed by atoms with van der Waals surface area (Å²) < 4.78 is 2.13. The van der Waals surface area contributed by atoms with Crippen molar-refractivity contribution in [3.8, 4) is 0 Å². The molecule has 0 aliphatic rings. The van der Waals surface area contributed by atoms with Crippen LogP contribution in [0.25, 0.3) is 0 Å². The van der Waals surface area contributed by atoms with Crippen LogP contribution < -0.4 is 9.80 Å². The number of hydrogen-bond acceptors (Lipinski definition) is 2. The Bertz CT molecular complexity index is 1610. The molecule has 0 saturated carbocycles. The van der Waals surface area contributed by atoms with Gasteiger partial charge in [-0.2, -0.15) is 0 Å². The van der Waals surface area contributed by atoms with E-state index >= 15 is 0 Å². The van der Waals surface area contributed by atoms with Gasteiger partial charge >= 0.3 is 0 Å². The Labute approximate surface area is 281 Å². The lowest BCUT2D eigenvalue weighted by Crippen LogP contribution is -2.16. The largest absolute Gasteiger partial charge is 0.310 e. The standard InChI is InChI=1S/C40H42Br2N2/c1-27-25-29(39(3,4)5)9-23-37(27)43(33-15-11-31(41)12-16-33)35-19-21-36(22-20-35)44(34-17-13-32(42)14-18-34)38-24-10-30(26-28(38)2)40(6,7)8/h9-26H,1-8H3. The molecule has 5 aromatic carbocycles. The van der Waals surface area contributed by atoms with E-state index in [1.165, 1.54) is 33.6 Å². The van der Waals surface area contributed by atoms with Crippen molar-refractivity contribution in [1.82, 2.24) is 0 Å². The molecule has 0 N–H and O–H groups in total. The molecule has 0 amide bonds. The van der Waals surface area contributed by atoms with Crippen molar-refractivity contribution in [1.29, 1.82) is 0 Å². The topological polar surface area (TPSA) is 6.48 Å². The molecular formula is C40H42Br2N2. The SMILES string of the molecule is Cc1cc(C(C)(C)C)ccc1N(c1ccc(Br)cc1)c1ccc(N(c2ccc(Br)cc2)c2ccc(C(C)(C)C)cc2C)cc1. The van der Waals surface area contributed by atoms with Crippen LogP contribution >= 0.6 is 31.9 Å².